The predicted molar refractivity (Wildman–Crippen MR) is 103 cm³/mol. The molecule has 2 aromatic carbocycles. The number of amides is 1. The van der Waals surface area contributed by atoms with Crippen LogP contribution in [0.1, 0.15) is 28.5 Å². The first-order valence-corrected chi connectivity index (χ1v) is 9.16. The number of aromatic nitrogens is 1. The van der Waals surface area contributed by atoms with Gasteiger partial charge in [0.25, 0.3) is 5.91 Å². The summed E-state index contributed by atoms with van der Waals surface area (Å²) in [6.45, 7) is 5.26. The molecule has 1 N–H and O–H groups in total. The quantitative estimate of drug-likeness (QED) is 0.690. The second kappa shape index (κ2) is 7.94. The number of hydrogen-bond acceptors (Lipinski definition) is 4. The van der Waals surface area contributed by atoms with Gasteiger partial charge in [-0.3, -0.25) is 4.79 Å². The number of aryl methyl sites for hydroxylation is 1. The largest absolute Gasteiger partial charge is 0.333 e. The maximum Gasteiger partial charge on any atom is 0.273 e. The Labute approximate surface area is 152 Å². The summed E-state index contributed by atoms with van der Waals surface area (Å²) in [5.74, 6) is -0.0413. The van der Waals surface area contributed by atoms with Crippen molar-refractivity contribution in [2.45, 2.75) is 20.4 Å². The molecule has 25 heavy (non-hydrogen) atoms. The number of anilines is 2. The Morgan fingerprint density at radius 3 is 2.56 bits per heavy atom. The molecule has 0 bridgehead atoms. The number of hydrogen-bond donors (Lipinski definition) is 1. The first-order valence-electron chi connectivity index (χ1n) is 8.28. The highest BCUT2D eigenvalue weighted by molar-refractivity contribution is 7.14. The summed E-state index contributed by atoms with van der Waals surface area (Å²) in [6.07, 6.45) is 0. The van der Waals surface area contributed by atoms with E-state index in [1.807, 2.05) is 78.7 Å². The lowest BCUT2D eigenvalue weighted by atomic mass is 10.2. The topological polar surface area (TPSA) is 45.2 Å². The monoisotopic (exact) mass is 351 g/mol. The molecular weight excluding hydrogens is 330 g/mol. The van der Waals surface area contributed by atoms with E-state index in [9.17, 15) is 4.79 Å². The summed E-state index contributed by atoms with van der Waals surface area (Å²) in [5, 5.41) is 5.84. The molecule has 1 amide bonds. The second-order valence-electron chi connectivity index (χ2n) is 5.78. The van der Waals surface area contributed by atoms with E-state index < -0.39 is 0 Å². The SMILES string of the molecule is CCN(Cc1ccccc1)C(=O)c1csc(Nc2ccccc2C)n1. The van der Waals surface area contributed by atoms with Gasteiger partial charge in [0.15, 0.2) is 5.13 Å². The van der Waals surface area contributed by atoms with Crippen molar-refractivity contribution in [3.05, 3.63) is 76.8 Å². The van der Waals surface area contributed by atoms with Crippen LogP contribution in [0.5, 0.6) is 0 Å². The van der Waals surface area contributed by atoms with Crippen molar-refractivity contribution in [2.24, 2.45) is 0 Å². The second-order valence-corrected chi connectivity index (χ2v) is 6.64. The summed E-state index contributed by atoms with van der Waals surface area (Å²) < 4.78 is 0. The van der Waals surface area contributed by atoms with Gasteiger partial charge in [0.2, 0.25) is 0 Å². The zero-order valence-electron chi connectivity index (χ0n) is 14.4. The van der Waals surface area contributed by atoms with Crippen LogP contribution in [0.25, 0.3) is 0 Å². The molecule has 1 aromatic heterocycles. The third-order valence-corrected chi connectivity index (χ3v) is 4.75. The molecule has 0 fully saturated rings. The molecule has 0 aliphatic rings. The lowest BCUT2D eigenvalue weighted by Crippen LogP contribution is -2.30. The average molecular weight is 351 g/mol. The van der Waals surface area contributed by atoms with Gasteiger partial charge < -0.3 is 10.2 Å². The van der Waals surface area contributed by atoms with Crippen LogP contribution in [0.4, 0.5) is 10.8 Å². The molecule has 0 aliphatic carbocycles. The zero-order valence-corrected chi connectivity index (χ0v) is 15.2. The van der Waals surface area contributed by atoms with Gasteiger partial charge in [-0.25, -0.2) is 4.98 Å². The molecule has 3 aromatic rings. The minimum atomic E-state index is -0.0413. The highest BCUT2D eigenvalue weighted by Crippen LogP contribution is 2.24. The van der Waals surface area contributed by atoms with Crippen molar-refractivity contribution in [2.75, 3.05) is 11.9 Å². The minimum Gasteiger partial charge on any atom is -0.333 e. The van der Waals surface area contributed by atoms with Crippen LogP contribution in [0.2, 0.25) is 0 Å². The van der Waals surface area contributed by atoms with Gasteiger partial charge >= 0.3 is 0 Å². The van der Waals surface area contributed by atoms with Crippen LogP contribution in [0.15, 0.2) is 60.0 Å². The Hall–Kier alpha value is -2.66. The standard InChI is InChI=1S/C20H21N3OS/c1-3-23(13-16-10-5-4-6-11-16)19(24)18-14-25-20(22-18)21-17-12-8-7-9-15(17)2/h4-12,14H,3,13H2,1-2H3,(H,21,22). The normalized spacial score (nSPS) is 10.5. The van der Waals surface area contributed by atoms with Gasteiger partial charge in [0.1, 0.15) is 5.69 Å². The van der Waals surface area contributed by atoms with Crippen LogP contribution in [0.3, 0.4) is 0 Å². The van der Waals surface area contributed by atoms with E-state index in [1.165, 1.54) is 11.3 Å². The van der Waals surface area contributed by atoms with Gasteiger partial charge in [0, 0.05) is 24.2 Å². The van der Waals surface area contributed by atoms with E-state index in [1.54, 1.807) is 0 Å². The number of para-hydroxylation sites is 1. The van der Waals surface area contributed by atoms with Crippen molar-refractivity contribution in [3.8, 4) is 0 Å². The number of nitrogens with one attached hydrogen (secondary N) is 1. The molecule has 0 saturated heterocycles. The molecule has 0 saturated carbocycles. The maximum absolute atomic E-state index is 12.8. The fourth-order valence-electron chi connectivity index (χ4n) is 2.55. The Morgan fingerprint density at radius 2 is 1.84 bits per heavy atom. The Bertz CT molecular complexity index is 845. The summed E-state index contributed by atoms with van der Waals surface area (Å²) in [7, 11) is 0. The molecule has 128 valence electrons. The lowest BCUT2D eigenvalue weighted by Gasteiger charge is -2.19. The van der Waals surface area contributed by atoms with Gasteiger partial charge in [-0.1, -0.05) is 48.5 Å². The van der Waals surface area contributed by atoms with E-state index in [0.29, 0.717) is 18.8 Å². The van der Waals surface area contributed by atoms with Gasteiger partial charge in [-0.15, -0.1) is 11.3 Å². The number of benzene rings is 2. The zero-order chi connectivity index (χ0) is 17.6. The molecule has 0 atom stereocenters. The molecule has 3 rings (SSSR count). The fourth-order valence-corrected chi connectivity index (χ4v) is 3.25. The van der Waals surface area contributed by atoms with E-state index in [4.69, 9.17) is 0 Å². The number of nitrogens with zero attached hydrogens (tertiary/aromatic N) is 2. The van der Waals surface area contributed by atoms with Gasteiger partial charge in [0.05, 0.1) is 0 Å². The number of carbonyl (C=O) groups excluding carboxylic acids is 1. The van der Waals surface area contributed by atoms with Crippen molar-refractivity contribution in [1.29, 1.82) is 0 Å². The van der Waals surface area contributed by atoms with Crippen LogP contribution in [-0.4, -0.2) is 22.3 Å². The third-order valence-electron chi connectivity index (χ3n) is 4.00. The van der Waals surface area contributed by atoms with E-state index >= 15 is 0 Å². The first kappa shape index (κ1) is 17.2. The van der Waals surface area contributed by atoms with Crippen molar-refractivity contribution >= 4 is 28.1 Å². The van der Waals surface area contributed by atoms with Crippen molar-refractivity contribution < 1.29 is 4.79 Å². The Balaban J connectivity index is 1.72. The van der Waals surface area contributed by atoms with Crippen LogP contribution in [0, 0.1) is 6.92 Å². The summed E-state index contributed by atoms with van der Waals surface area (Å²) >= 11 is 1.45. The molecule has 4 nitrogen and oxygen atoms in total. The third kappa shape index (κ3) is 4.25. The summed E-state index contributed by atoms with van der Waals surface area (Å²) in [4.78, 5) is 19.0. The van der Waals surface area contributed by atoms with Crippen LogP contribution >= 0.6 is 11.3 Å². The molecular formula is C20H21N3OS. The van der Waals surface area contributed by atoms with E-state index in [0.717, 1.165) is 21.9 Å². The van der Waals surface area contributed by atoms with Crippen molar-refractivity contribution in [3.63, 3.8) is 0 Å². The van der Waals surface area contributed by atoms with Crippen molar-refractivity contribution in [1.82, 2.24) is 9.88 Å². The van der Waals surface area contributed by atoms with E-state index in [2.05, 4.69) is 10.3 Å². The molecule has 5 heteroatoms. The number of thiazole rings is 1. The molecule has 0 aliphatic heterocycles. The first-order chi connectivity index (χ1) is 12.2. The lowest BCUT2D eigenvalue weighted by molar-refractivity contribution is 0.0747. The fraction of sp³-hybridized carbons (Fsp3) is 0.200. The Morgan fingerprint density at radius 1 is 1.12 bits per heavy atom. The van der Waals surface area contributed by atoms with E-state index in [-0.39, 0.29) is 5.91 Å². The minimum absolute atomic E-state index is 0.0413. The molecule has 0 unspecified atom stereocenters. The molecule has 0 radical (unpaired) electrons. The highest BCUT2D eigenvalue weighted by atomic mass is 32.1. The predicted octanol–water partition coefficient (Wildman–Crippen LogP) is 4.86. The summed E-state index contributed by atoms with van der Waals surface area (Å²) in [6, 6.07) is 18.0. The maximum atomic E-state index is 12.8. The smallest absolute Gasteiger partial charge is 0.273 e. The molecule has 1 heterocycles. The highest BCUT2D eigenvalue weighted by Gasteiger charge is 2.18. The van der Waals surface area contributed by atoms with Gasteiger partial charge in [-0.05, 0) is 31.0 Å². The van der Waals surface area contributed by atoms with Gasteiger partial charge in [-0.2, -0.15) is 0 Å². The van der Waals surface area contributed by atoms with Crippen LogP contribution < -0.4 is 5.32 Å². The molecule has 0 spiro atoms. The average Bonchev–Trinajstić information content (AvgIpc) is 3.10. The summed E-state index contributed by atoms with van der Waals surface area (Å²) in [5.41, 5.74) is 3.75. The van der Waals surface area contributed by atoms with Crippen LogP contribution in [-0.2, 0) is 6.54 Å². The Kier molecular flexibility index (Phi) is 5.46. The number of rotatable bonds is 6. The number of carbonyl (C=O) groups is 1.